The molecule has 1 N–H and O–H groups in total. The van der Waals surface area contributed by atoms with E-state index in [1.54, 1.807) is 12.1 Å². The van der Waals surface area contributed by atoms with E-state index in [0.717, 1.165) is 0 Å². The number of pyridine rings is 1. The van der Waals surface area contributed by atoms with Crippen LogP contribution >= 0.6 is 34.8 Å². The van der Waals surface area contributed by atoms with Gasteiger partial charge < -0.3 is 14.8 Å². The molecular weight excluding hydrogens is 473 g/mol. The summed E-state index contributed by atoms with van der Waals surface area (Å²) in [5.41, 5.74) is 0.728. The van der Waals surface area contributed by atoms with Crippen LogP contribution in [0.2, 0.25) is 15.2 Å². The molecule has 1 fully saturated rings. The molecule has 11 heteroatoms. The lowest BCUT2D eigenvalue weighted by molar-refractivity contribution is 0.00852. The molecule has 164 valence electrons. The molecule has 1 saturated carbocycles. The molecule has 0 bridgehead atoms. The first kappa shape index (κ1) is 22.0. The van der Waals surface area contributed by atoms with Gasteiger partial charge in [-0.3, -0.25) is 0 Å². The van der Waals surface area contributed by atoms with Gasteiger partial charge in [-0.05, 0) is 12.5 Å². The van der Waals surface area contributed by atoms with E-state index in [2.05, 4.69) is 20.3 Å². The van der Waals surface area contributed by atoms with E-state index < -0.39 is 12.0 Å². The van der Waals surface area contributed by atoms with Crippen LogP contribution in [0.4, 0.5) is 14.6 Å². The van der Waals surface area contributed by atoms with E-state index in [1.165, 1.54) is 20.4 Å². The minimum atomic E-state index is -2.71. The van der Waals surface area contributed by atoms with E-state index in [-0.39, 0.29) is 39.4 Å². The molecule has 31 heavy (non-hydrogen) atoms. The van der Waals surface area contributed by atoms with Gasteiger partial charge in [0, 0.05) is 30.3 Å². The van der Waals surface area contributed by atoms with Crippen LogP contribution in [0.15, 0.2) is 18.3 Å². The Morgan fingerprint density at radius 1 is 1.06 bits per heavy atom. The average molecular weight is 490 g/mol. The molecule has 0 spiro atoms. The molecule has 0 saturated heterocycles. The number of rotatable bonds is 5. The van der Waals surface area contributed by atoms with Crippen molar-refractivity contribution in [3.05, 3.63) is 33.5 Å². The average Bonchev–Trinajstić information content (AvgIpc) is 3.07. The van der Waals surface area contributed by atoms with Crippen LogP contribution < -0.4 is 14.8 Å². The number of hydrogen-bond acceptors (Lipinski definition) is 6. The smallest absolute Gasteiger partial charge is 0.250 e. The maximum absolute atomic E-state index is 13.7. The van der Waals surface area contributed by atoms with Gasteiger partial charge in [-0.15, -0.1) is 0 Å². The van der Waals surface area contributed by atoms with Crippen molar-refractivity contribution in [1.29, 1.82) is 0 Å². The van der Waals surface area contributed by atoms with Crippen LogP contribution in [0.3, 0.4) is 0 Å². The van der Waals surface area contributed by atoms with Crippen molar-refractivity contribution < 1.29 is 18.3 Å². The van der Waals surface area contributed by atoms with Crippen molar-refractivity contribution in [2.75, 3.05) is 19.5 Å². The first-order valence-corrected chi connectivity index (χ1v) is 10.4. The van der Waals surface area contributed by atoms with Crippen molar-refractivity contribution in [2.45, 2.75) is 31.2 Å². The predicted molar refractivity (Wildman–Crippen MR) is 117 cm³/mol. The van der Waals surface area contributed by atoms with Gasteiger partial charge >= 0.3 is 0 Å². The lowest BCUT2D eigenvalue weighted by Gasteiger charge is -2.18. The summed E-state index contributed by atoms with van der Waals surface area (Å²) in [6.45, 7) is 0. The molecule has 4 rings (SSSR count). The van der Waals surface area contributed by atoms with E-state index in [4.69, 9.17) is 44.3 Å². The minimum absolute atomic E-state index is 0.163. The number of aromatic nitrogens is 3. The van der Waals surface area contributed by atoms with Crippen LogP contribution in [-0.2, 0) is 0 Å². The highest BCUT2D eigenvalue weighted by atomic mass is 35.5. The number of nitrogens with zero attached hydrogens (tertiary/aromatic N) is 3. The fourth-order valence-electron chi connectivity index (χ4n) is 3.58. The number of ether oxygens (including phenoxy) is 2. The highest BCUT2D eigenvalue weighted by Gasteiger charge is 2.39. The lowest BCUT2D eigenvalue weighted by atomic mass is 10.1. The van der Waals surface area contributed by atoms with Crippen molar-refractivity contribution >= 4 is 51.5 Å². The Kier molecular flexibility index (Phi) is 5.98. The molecule has 1 aliphatic carbocycles. The lowest BCUT2D eigenvalue weighted by Crippen LogP contribution is -2.20. The van der Waals surface area contributed by atoms with Gasteiger partial charge in [-0.1, -0.05) is 34.8 Å². The van der Waals surface area contributed by atoms with Crippen molar-refractivity contribution in [1.82, 2.24) is 15.0 Å². The minimum Gasteiger partial charge on any atom is -0.495 e. The SMILES string of the molecule is COc1cc(OC)c(Cl)c(-c2nc(NC3CCC(F)(F)C3)c3cc(Cl)ncc3n2)c1Cl. The van der Waals surface area contributed by atoms with Crippen LogP contribution in [0, 0.1) is 0 Å². The van der Waals surface area contributed by atoms with Crippen LogP contribution in [0.5, 0.6) is 11.5 Å². The topological polar surface area (TPSA) is 69.2 Å². The molecule has 0 aliphatic heterocycles. The van der Waals surface area contributed by atoms with Crippen molar-refractivity contribution in [3.63, 3.8) is 0 Å². The fourth-order valence-corrected chi connectivity index (χ4v) is 4.40. The molecule has 2 heterocycles. The summed E-state index contributed by atoms with van der Waals surface area (Å²) >= 11 is 19.1. The standard InChI is InChI=1S/C20H17Cl3F2N4O2/c1-30-12-6-13(31-2)17(23)15(16(12)22)19-28-11-8-26-14(21)5-10(11)18(29-19)27-9-3-4-20(24,25)7-9/h5-6,8-9H,3-4,7H2,1-2H3,(H,27,28,29). The molecule has 0 radical (unpaired) electrons. The predicted octanol–water partition coefficient (Wildman–Crippen LogP) is 6.27. The Hall–Kier alpha value is -2.16. The maximum atomic E-state index is 13.7. The summed E-state index contributed by atoms with van der Waals surface area (Å²) in [6.07, 6.45) is 1.30. The zero-order chi connectivity index (χ0) is 22.3. The largest absolute Gasteiger partial charge is 0.495 e. The number of anilines is 1. The summed E-state index contributed by atoms with van der Waals surface area (Å²) in [6, 6.07) is 2.67. The van der Waals surface area contributed by atoms with E-state index in [9.17, 15) is 8.78 Å². The molecule has 6 nitrogen and oxygen atoms in total. The number of benzene rings is 1. The highest BCUT2D eigenvalue weighted by Crippen LogP contribution is 2.46. The fraction of sp³-hybridized carbons (Fsp3) is 0.350. The van der Waals surface area contributed by atoms with Crippen LogP contribution in [0.25, 0.3) is 22.3 Å². The number of nitrogens with one attached hydrogen (secondary N) is 1. The van der Waals surface area contributed by atoms with Gasteiger partial charge in [0.15, 0.2) is 5.82 Å². The molecule has 1 aliphatic rings. The molecule has 3 aromatic rings. The Balaban J connectivity index is 1.90. The van der Waals surface area contributed by atoms with Gasteiger partial charge in [-0.2, -0.15) is 0 Å². The van der Waals surface area contributed by atoms with Crippen molar-refractivity contribution in [3.8, 4) is 22.9 Å². The van der Waals surface area contributed by atoms with E-state index in [0.29, 0.717) is 34.6 Å². The Morgan fingerprint density at radius 3 is 2.32 bits per heavy atom. The van der Waals surface area contributed by atoms with Gasteiger partial charge in [0.25, 0.3) is 0 Å². The first-order chi connectivity index (χ1) is 14.7. The number of halogens is 5. The number of methoxy groups -OCH3 is 2. The van der Waals surface area contributed by atoms with Gasteiger partial charge in [0.05, 0.1) is 41.5 Å². The van der Waals surface area contributed by atoms with E-state index >= 15 is 0 Å². The quantitative estimate of drug-likeness (QED) is 0.426. The second kappa shape index (κ2) is 8.41. The second-order valence-corrected chi connectivity index (χ2v) is 8.29. The Bertz CT molecular complexity index is 1130. The molecule has 1 atom stereocenters. The molecule has 1 unspecified atom stereocenters. The monoisotopic (exact) mass is 488 g/mol. The summed E-state index contributed by atoms with van der Waals surface area (Å²) < 4.78 is 38.1. The molecule has 1 aromatic carbocycles. The normalized spacial score (nSPS) is 17.7. The highest BCUT2D eigenvalue weighted by molar-refractivity contribution is 6.41. The van der Waals surface area contributed by atoms with E-state index in [1.807, 2.05) is 0 Å². The van der Waals surface area contributed by atoms with Gasteiger partial charge in [-0.25, -0.2) is 23.7 Å². The number of alkyl halides is 2. The Morgan fingerprint density at radius 2 is 1.74 bits per heavy atom. The van der Waals surface area contributed by atoms with Crippen molar-refractivity contribution in [2.24, 2.45) is 0 Å². The zero-order valence-electron chi connectivity index (χ0n) is 16.5. The molecular formula is C20H17Cl3F2N4O2. The summed E-state index contributed by atoms with van der Waals surface area (Å²) in [5, 5.41) is 4.25. The number of fused-ring (bicyclic) bond motifs is 1. The van der Waals surface area contributed by atoms with Crippen LogP contribution in [0.1, 0.15) is 19.3 Å². The summed E-state index contributed by atoms with van der Waals surface area (Å²) in [7, 11) is 2.91. The third kappa shape index (κ3) is 4.29. The maximum Gasteiger partial charge on any atom is 0.250 e. The van der Waals surface area contributed by atoms with Gasteiger partial charge in [0.2, 0.25) is 5.92 Å². The summed E-state index contributed by atoms with van der Waals surface area (Å²) in [5.74, 6) is -1.58. The third-order valence-electron chi connectivity index (χ3n) is 5.09. The summed E-state index contributed by atoms with van der Waals surface area (Å²) in [4.78, 5) is 13.1. The second-order valence-electron chi connectivity index (χ2n) is 7.14. The first-order valence-electron chi connectivity index (χ1n) is 9.30. The zero-order valence-corrected chi connectivity index (χ0v) is 18.7. The van der Waals surface area contributed by atoms with Gasteiger partial charge in [0.1, 0.15) is 22.5 Å². The Labute approximate surface area is 191 Å². The van der Waals surface area contributed by atoms with Crippen LogP contribution in [-0.4, -0.2) is 41.1 Å². The number of hydrogen-bond donors (Lipinski definition) is 1. The molecule has 0 amide bonds. The molecule has 2 aromatic heterocycles. The third-order valence-corrected chi connectivity index (χ3v) is 6.05.